The number of anilines is 1. The maximum Gasteiger partial charge on any atom is 0.291 e. The molecule has 0 saturated carbocycles. The van der Waals surface area contributed by atoms with E-state index < -0.39 is 0 Å². The summed E-state index contributed by atoms with van der Waals surface area (Å²) in [5.74, 6) is 1.41. The van der Waals surface area contributed by atoms with Gasteiger partial charge < -0.3 is 24.7 Å². The number of guanidine groups is 1. The monoisotopic (exact) mass is 370 g/mol. The first-order valence-corrected chi connectivity index (χ1v) is 9.09. The lowest BCUT2D eigenvalue weighted by molar-refractivity contribution is 0.0996. The van der Waals surface area contributed by atoms with Crippen molar-refractivity contribution in [1.29, 1.82) is 0 Å². The van der Waals surface area contributed by atoms with Crippen LogP contribution in [0.5, 0.6) is 0 Å². The number of ether oxygens (including phenoxy) is 1. The molecule has 1 unspecified atom stereocenters. The Morgan fingerprint density at radius 1 is 1.33 bits per heavy atom. The van der Waals surface area contributed by atoms with Gasteiger partial charge in [0.25, 0.3) is 5.91 Å². The minimum absolute atomic E-state index is 0.264. The summed E-state index contributed by atoms with van der Waals surface area (Å²) in [7, 11) is 3.82. The molecule has 7 nitrogen and oxygen atoms in total. The van der Waals surface area contributed by atoms with Crippen LogP contribution in [0, 0.1) is 5.92 Å². The Kier molecular flexibility index (Phi) is 6.49. The van der Waals surface area contributed by atoms with Crippen LogP contribution in [0.1, 0.15) is 22.5 Å². The summed E-state index contributed by atoms with van der Waals surface area (Å²) in [6, 6.07) is 11.0. The Hall–Kier alpha value is -2.80. The molecule has 0 bridgehead atoms. The van der Waals surface area contributed by atoms with Crippen molar-refractivity contribution in [2.24, 2.45) is 10.9 Å². The van der Waals surface area contributed by atoms with Gasteiger partial charge in [-0.25, -0.2) is 0 Å². The molecule has 7 heteroatoms. The number of amides is 1. The molecule has 0 spiro atoms. The van der Waals surface area contributed by atoms with Gasteiger partial charge in [-0.2, -0.15) is 0 Å². The van der Waals surface area contributed by atoms with Crippen LogP contribution >= 0.6 is 0 Å². The topological polar surface area (TPSA) is 79.1 Å². The number of nitrogens with zero attached hydrogens (tertiary/aromatic N) is 2. The lowest BCUT2D eigenvalue weighted by atomic mass is 10.1. The zero-order valence-electron chi connectivity index (χ0n) is 15.8. The quantitative estimate of drug-likeness (QED) is 0.604. The van der Waals surface area contributed by atoms with Crippen LogP contribution in [-0.2, 0) is 11.3 Å². The molecule has 1 aliphatic rings. The average molecular weight is 370 g/mol. The molecular weight excluding hydrogens is 344 g/mol. The predicted octanol–water partition coefficient (Wildman–Crippen LogP) is 2.58. The largest absolute Gasteiger partial charge is 0.459 e. The van der Waals surface area contributed by atoms with Crippen molar-refractivity contribution in [2.45, 2.75) is 13.0 Å². The van der Waals surface area contributed by atoms with Crippen LogP contribution in [-0.4, -0.2) is 50.6 Å². The number of hydrogen-bond donors (Lipinski definition) is 2. The smallest absolute Gasteiger partial charge is 0.291 e. The van der Waals surface area contributed by atoms with Crippen molar-refractivity contribution in [2.75, 3.05) is 39.2 Å². The van der Waals surface area contributed by atoms with Crippen molar-refractivity contribution >= 4 is 17.6 Å². The van der Waals surface area contributed by atoms with Gasteiger partial charge in [0.05, 0.1) is 12.9 Å². The van der Waals surface area contributed by atoms with Gasteiger partial charge in [-0.3, -0.25) is 9.79 Å². The molecule has 1 atom stereocenters. The zero-order valence-corrected chi connectivity index (χ0v) is 15.8. The molecule has 2 N–H and O–H groups in total. The predicted molar refractivity (Wildman–Crippen MR) is 105 cm³/mol. The van der Waals surface area contributed by atoms with Gasteiger partial charge >= 0.3 is 0 Å². The fourth-order valence-corrected chi connectivity index (χ4v) is 3.13. The molecule has 1 aliphatic heterocycles. The molecule has 2 heterocycles. The van der Waals surface area contributed by atoms with E-state index in [4.69, 9.17) is 9.15 Å². The number of carbonyl (C=O) groups excluding carboxylic acids is 1. The Morgan fingerprint density at radius 2 is 2.22 bits per heavy atom. The van der Waals surface area contributed by atoms with Crippen LogP contribution in [0.15, 0.2) is 52.1 Å². The normalized spacial score (nSPS) is 17.0. The number of carbonyl (C=O) groups is 1. The van der Waals surface area contributed by atoms with Gasteiger partial charge in [-0.15, -0.1) is 0 Å². The SMILES string of the molecule is CN=C(NCc1cccc(NC(=O)c2ccco2)c1)N(C)CC1CCOC1. The second-order valence-electron chi connectivity index (χ2n) is 6.64. The van der Waals surface area contributed by atoms with Crippen molar-refractivity contribution in [3.05, 3.63) is 54.0 Å². The van der Waals surface area contributed by atoms with Gasteiger partial charge in [0.1, 0.15) is 0 Å². The van der Waals surface area contributed by atoms with Gasteiger partial charge in [0.15, 0.2) is 11.7 Å². The van der Waals surface area contributed by atoms with E-state index in [9.17, 15) is 4.79 Å². The first kappa shape index (κ1) is 19.0. The van der Waals surface area contributed by atoms with E-state index in [0.717, 1.165) is 43.4 Å². The van der Waals surface area contributed by atoms with E-state index >= 15 is 0 Å². The van der Waals surface area contributed by atoms with Crippen molar-refractivity contribution in [3.63, 3.8) is 0 Å². The summed E-state index contributed by atoms with van der Waals surface area (Å²) in [5, 5.41) is 6.21. The highest BCUT2D eigenvalue weighted by atomic mass is 16.5. The Bertz CT molecular complexity index is 767. The molecule has 0 radical (unpaired) electrons. The fourth-order valence-electron chi connectivity index (χ4n) is 3.13. The number of hydrogen-bond acceptors (Lipinski definition) is 4. The summed E-state index contributed by atoms with van der Waals surface area (Å²) >= 11 is 0. The van der Waals surface area contributed by atoms with Crippen LogP contribution in [0.2, 0.25) is 0 Å². The van der Waals surface area contributed by atoms with E-state index in [1.54, 1.807) is 19.2 Å². The number of aliphatic imine (C=N–C) groups is 1. The third-order valence-corrected chi connectivity index (χ3v) is 4.51. The molecule has 1 amide bonds. The highest BCUT2D eigenvalue weighted by molar-refractivity contribution is 6.02. The van der Waals surface area contributed by atoms with Crippen molar-refractivity contribution in [3.8, 4) is 0 Å². The summed E-state index contributed by atoms with van der Waals surface area (Å²) in [5.41, 5.74) is 1.77. The highest BCUT2D eigenvalue weighted by Crippen LogP contribution is 2.14. The first-order valence-electron chi connectivity index (χ1n) is 9.09. The molecule has 1 saturated heterocycles. The standard InChI is InChI=1S/C20H26N4O3/c1-21-20(24(2)13-16-8-10-26-14-16)22-12-15-5-3-6-17(11-15)23-19(25)18-7-4-9-27-18/h3-7,9,11,16H,8,10,12-14H2,1-2H3,(H,21,22)(H,23,25). The van der Waals surface area contributed by atoms with E-state index in [1.165, 1.54) is 6.26 Å². The molecule has 1 aromatic heterocycles. The molecule has 144 valence electrons. The maximum atomic E-state index is 12.1. The number of benzene rings is 1. The lowest BCUT2D eigenvalue weighted by Crippen LogP contribution is -2.41. The number of nitrogens with one attached hydrogen (secondary N) is 2. The van der Waals surface area contributed by atoms with E-state index in [1.807, 2.05) is 31.3 Å². The van der Waals surface area contributed by atoms with Crippen molar-refractivity contribution < 1.29 is 13.9 Å². The summed E-state index contributed by atoms with van der Waals surface area (Å²) in [4.78, 5) is 18.6. The highest BCUT2D eigenvalue weighted by Gasteiger charge is 2.19. The van der Waals surface area contributed by atoms with Gasteiger partial charge in [0, 0.05) is 45.4 Å². The molecular formula is C20H26N4O3. The molecule has 0 aliphatic carbocycles. The summed E-state index contributed by atoms with van der Waals surface area (Å²) < 4.78 is 10.6. The maximum absolute atomic E-state index is 12.1. The van der Waals surface area contributed by atoms with Gasteiger partial charge in [-0.1, -0.05) is 12.1 Å². The lowest BCUT2D eigenvalue weighted by Gasteiger charge is -2.24. The van der Waals surface area contributed by atoms with E-state index in [-0.39, 0.29) is 11.7 Å². The molecule has 2 aromatic rings. The minimum atomic E-state index is -0.264. The van der Waals surface area contributed by atoms with Crippen LogP contribution in [0.4, 0.5) is 5.69 Å². The average Bonchev–Trinajstić information content (AvgIpc) is 3.36. The van der Waals surface area contributed by atoms with Gasteiger partial charge in [0.2, 0.25) is 0 Å². The Balaban J connectivity index is 1.54. The molecule has 1 aromatic carbocycles. The molecule has 27 heavy (non-hydrogen) atoms. The fraction of sp³-hybridized carbons (Fsp3) is 0.400. The Labute approximate surface area is 159 Å². The van der Waals surface area contributed by atoms with Crippen LogP contribution in [0.3, 0.4) is 0 Å². The number of furan rings is 1. The minimum Gasteiger partial charge on any atom is -0.459 e. The van der Waals surface area contributed by atoms with Gasteiger partial charge in [-0.05, 0) is 36.2 Å². The van der Waals surface area contributed by atoms with Crippen molar-refractivity contribution in [1.82, 2.24) is 10.2 Å². The summed E-state index contributed by atoms with van der Waals surface area (Å²) in [6.45, 7) is 3.20. The zero-order chi connectivity index (χ0) is 19.1. The summed E-state index contributed by atoms with van der Waals surface area (Å²) in [6.07, 6.45) is 2.58. The van der Waals surface area contributed by atoms with Crippen LogP contribution < -0.4 is 10.6 Å². The second kappa shape index (κ2) is 9.23. The third kappa shape index (κ3) is 5.34. The molecule has 1 fully saturated rings. The van der Waals surface area contributed by atoms with E-state index in [2.05, 4.69) is 20.5 Å². The van der Waals surface area contributed by atoms with Crippen LogP contribution in [0.25, 0.3) is 0 Å². The first-order chi connectivity index (χ1) is 13.2. The molecule has 3 rings (SSSR count). The second-order valence-corrected chi connectivity index (χ2v) is 6.64. The Morgan fingerprint density at radius 3 is 2.93 bits per heavy atom. The van der Waals surface area contributed by atoms with E-state index in [0.29, 0.717) is 12.5 Å². The number of rotatable bonds is 6. The third-order valence-electron chi connectivity index (χ3n) is 4.51.